The summed E-state index contributed by atoms with van der Waals surface area (Å²) in [4.78, 5) is 23.9. The molecule has 5 nitrogen and oxygen atoms in total. The number of nitrogens with zero attached hydrogens (tertiary/aromatic N) is 1. The number of terminal acetylenes is 1. The molecule has 96 valence electrons. The van der Waals surface area contributed by atoms with Crippen LogP contribution in [0.4, 0.5) is 4.79 Å². The molecular formula is C12H20N2O3. The van der Waals surface area contributed by atoms with E-state index in [-0.39, 0.29) is 25.0 Å². The summed E-state index contributed by atoms with van der Waals surface area (Å²) in [6.07, 6.45) is 6.49. The van der Waals surface area contributed by atoms with Crippen LogP contribution >= 0.6 is 0 Å². The Hall–Kier alpha value is -1.70. The summed E-state index contributed by atoms with van der Waals surface area (Å²) in [5.74, 6) is 1.49. The van der Waals surface area contributed by atoms with Gasteiger partial charge in [-0.1, -0.05) is 19.8 Å². The Bertz CT molecular complexity index is 297. The second kappa shape index (κ2) is 8.45. The summed E-state index contributed by atoms with van der Waals surface area (Å²) < 4.78 is 0. The lowest BCUT2D eigenvalue weighted by atomic mass is 10.1. The molecule has 5 heteroatoms. The lowest BCUT2D eigenvalue weighted by molar-refractivity contribution is -0.137. The number of carbonyl (C=O) groups is 2. The highest BCUT2D eigenvalue weighted by Gasteiger charge is 2.17. The van der Waals surface area contributed by atoms with Gasteiger partial charge in [-0.05, 0) is 12.8 Å². The van der Waals surface area contributed by atoms with Crippen LogP contribution in [0.2, 0.25) is 0 Å². The third-order valence-corrected chi connectivity index (χ3v) is 2.30. The molecule has 0 rings (SSSR count). The van der Waals surface area contributed by atoms with Crippen LogP contribution in [0.15, 0.2) is 0 Å². The molecule has 0 heterocycles. The standard InChI is InChI=1S/C12H20N2O3/c1-4-7-14(8-5-2)12(17)13-10(6-3)9-11(15)16/h1,10H,5-9H2,2-3H3,(H,13,17)(H,15,16). The number of carboxylic acids is 1. The predicted molar refractivity (Wildman–Crippen MR) is 65.6 cm³/mol. The van der Waals surface area contributed by atoms with Gasteiger partial charge in [-0.25, -0.2) is 4.79 Å². The van der Waals surface area contributed by atoms with Crippen LogP contribution in [-0.2, 0) is 4.79 Å². The molecular weight excluding hydrogens is 220 g/mol. The van der Waals surface area contributed by atoms with Gasteiger partial charge >= 0.3 is 12.0 Å². The van der Waals surface area contributed by atoms with Gasteiger partial charge in [0.15, 0.2) is 0 Å². The van der Waals surface area contributed by atoms with Crippen molar-refractivity contribution in [3.8, 4) is 12.3 Å². The van der Waals surface area contributed by atoms with Gasteiger partial charge in [0.2, 0.25) is 0 Å². The van der Waals surface area contributed by atoms with Crippen LogP contribution in [-0.4, -0.2) is 41.1 Å². The number of nitrogens with one attached hydrogen (secondary N) is 1. The number of aliphatic carboxylic acids is 1. The smallest absolute Gasteiger partial charge is 0.318 e. The molecule has 0 saturated carbocycles. The van der Waals surface area contributed by atoms with E-state index in [2.05, 4.69) is 11.2 Å². The van der Waals surface area contributed by atoms with Gasteiger partial charge < -0.3 is 15.3 Å². The molecule has 0 aliphatic heterocycles. The molecule has 0 aliphatic rings. The molecule has 0 aromatic heterocycles. The normalized spacial score (nSPS) is 11.4. The molecule has 2 N–H and O–H groups in total. The highest BCUT2D eigenvalue weighted by molar-refractivity contribution is 5.76. The van der Waals surface area contributed by atoms with Crippen LogP contribution in [0.1, 0.15) is 33.1 Å². The quantitative estimate of drug-likeness (QED) is 0.659. The van der Waals surface area contributed by atoms with Crippen molar-refractivity contribution in [3.63, 3.8) is 0 Å². The van der Waals surface area contributed by atoms with Crippen molar-refractivity contribution in [1.29, 1.82) is 0 Å². The first kappa shape index (κ1) is 15.3. The minimum atomic E-state index is -0.920. The summed E-state index contributed by atoms with van der Waals surface area (Å²) in [6, 6.07) is -0.643. The fraction of sp³-hybridized carbons (Fsp3) is 0.667. The van der Waals surface area contributed by atoms with Crippen LogP contribution in [0.25, 0.3) is 0 Å². The van der Waals surface area contributed by atoms with E-state index >= 15 is 0 Å². The Morgan fingerprint density at radius 3 is 2.53 bits per heavy atom. The van der Waals surface area contributed by atoms with Crippen molar-refractivity contribution in [3.05, 3.63) is 0 Å². The molecule has 0 aromatic carbocycles. The second-order valence-corrected chi connectivity index (χ2v) is 3.78. The number of urea groups is 1. The van der Waals surface area contributed by atoms with E-state index in [1.807, 2.05) is 13.8 Å². The molecule has 1 unspecified atom stereocenters. The molecule has 0 bridgehead atoms. The van der Waals surface area contributed by atoms with Crippen molar-refractivity contribution in [2.45, 2.75) is 39.2 Å². The zero-order valence-corrected chi connectivity index (χ0v) is 10.4. The number of carboxylic acid groups (broad SMARTS) is 1. The highest BCUT2D eigenvalue weighted by Crippen LogP contribution is 2.00. The maximum Gasteiger partial charge on any atom is 0.318 e. The first-order chi connectivity index (χ1) is 8.04. The third-order valence-electron chi connectivity index (χ3n) is 2.30. The Balaban J connectivity index is 4.35. The Morgan fingerprint density at radius 1 is 1.47 bits per heavy atom. The topological polar surface area (TPSA) is 69.6 Å². The fourth-order valence-electron chi connectivity index (χ4n) is 1.41. The maximum absolute atomic E-state index is 11.8. The molecule has 0 fully saturated rings. The average molecular weight is 240 g/mol. The molecule has 0 radical (unpaired) electrons. The van der Waals surface area contributed by atoms with Crippen LogP contribution in [0.3, 0.4) is 0 Å². The first-order valence-electron chi connectivity index (χ1n) is 5.75. The van der Waals surface area contributed by atoms with Gasteiger partial charge in [-0.2, -0.15) is 0 Å². The van der Waals surface area contributed by atoms with E-state index in [1.165, 1.54) is 4.90 Å². The monoisotopic (exact) mass is 240 g/mol. The van der Waals surface area contributed by atoms with E-state index in [9.17, 15) is 9.59 Å². The van der Waals surface area contributed by atoms with Gasteiger partial charge in [0.05, 0.1) is 13.0 Å². The number of hydrogen-bond donors (Lipinski definition) is 2. The van der Waals surface area contributed by atoms with Crippen LogP contribution < -0.4 is 5.32 Å². The van der Waals surface area contributed by atoms with Gasteiger partial charge in [0, 0.05) is 12.6 Å². The fourth-order valence-corrected chi connectivity index (χ4v) is 1.41. The number of hydrogen-bond acceptors (Lipinski definition) is 2. The van der Waals surface area contributed by atoms with Gasteiger partial charge in [0.1, 0.15) is 0 Å². The summed E-state index contributed by atoms with van der Waals surface area (Å²) in [5, 5.41) is 11.4. The van der Waals surface area contributed by atoms with Gasteiger partial charge in [-0.3, -0.25) is 4.79 Å². The van der Waals surface area contributed by atoms with Crippen molar-refractivity contribution in [2.75, 3.05) is 13.1 Å². The highest BCUT2D eigenvalue weighted by atomic mass is 16.4. The largest absolute Gasteiger partial charge is 0.481 e. The molecule has 0 aromatic rings. The molecule has 17 heavy (non-hydrogen) atoms. The lowest BCUT2D eigenvalue weighted by Crippen LogP contribution is -2.45. The Morgan fingerprint density at radius 2 is 2.12 bits per heavy atom. The first-order valence-corrected chi connectivity index (χ1v) is 5.75. The summed E-state index contributed by atoms with van der Waals surface area (Å²) >= 11 is 0. The van der Waals surface area contributed by atoms with Gasteiger partial charge in [-0.15, -0.1) is 6.42 Å². The third kappa shape index (κ3) is 6.46. The SMILES string of the molecule is C#CCN(CCC)C(=O)NC(CC)CC(=O)O. The van der Waals surface area contributed by atoms with Crippen molar-refractivity contribution in [2.24, 2.45) is 0 Å². The van der Waals surface area contributed by atoms with E-state index in [1.54, 1.807) is 0 Å². The van der Waals surface area contributed by atoms with Crippen LogP contribution in [0.5, 0.6) is 0 Å². The van der Waals surface area contributed by atoms with E-state index in [4.69, 9.17) is 11.5 Å². The summed E-state index contributed by atoms with van der Waals surface area (Å²) in [7, 11) is 0. The van der Waals surface area contributed by atoms with E-state index in [0.717, 1.165) is 6.42 Å². The molecule has 2 amide bonds. The van der Waals surface area contributed by atoms with Crippen molar-refractivity contribution < 1.29 is 14.7 Å². The molecule has 0 aliphatic carbocycles. The zero-order chi connectivity index (χ0) is 13.3. The molecule has 1 atom stereocenters. The number of amides is 2. The zero-order valence-electron chi connectivity index (χ0n) is 10.4. The summed E-state index contributed by atoms with van der Waals surface area (Å²) in [5.41, 5.74) is 0. The Labute approximate surface area is 102 Å². The molecule has 0 spiro atoms. The van der Waals surface area contributed by atoms with Gasteiger partial charge in [0.25, 0.3) is 0 Å². The summed E-state index contributed by atoms with van der Waals surface area (Å²) in [6.45, 7) is 4.59. The second-order valence-electron chi connectivity index (χ2n) is 3.78. The van der Waals surface area contributed by atoms with Crippen molar-refractivity contribution >= 4 is 12.0 Å². The maximum atomic E-state index is 11.8. The van der Waals surface area contributed by atoms with Crippen LogP contribution in [0, 0.1) is 12.3 Å². The van der Waals surface area contributed by atoms with E-state index < -0.39 is 5.97 Å². The number of rotatable bonds is 7. The minimum absolute atomic E-state index is 0.0712. The minimum Gasteiger partial charge on any atom is -0.481 e. The lowest BCUT2D eigenvalue weighted by Gasteiger charge is -2.23. The predicted octanol–water partition coefficient (Wildman–Crippen LogP) is 1.29. The number of carbonyl (C=O) groups excluding carboxylic acids is 1. The van der Waals surface area contributed by atoms with Crippen molar-refractivity contribution in [1.82, 2.24) is 10.2 Å². The van der Waals surface area contributed by atoms with E-state index in [0.29, 0.717) is 13.0 Å². The molecule has 0 saturated heterocycles. The Kier molecular flexibility index (Phi) is 7.61. The average Bonchev–Trinajstić information content (AvgIpc) is 2.27.